The fraction of sp³-hybridized carbons (Fsp3) is 0.345. The highest BCUT2D eigenvalue weighted by atomic mass is 32.1. The molecule has 1 aliphatic rings. The number of aromatic nitrogens is 4. The van der Waals surface area contributed by atoms with Crippen molar-refractivity contribution >= 4 is 40.1 Å². The highest BCUT2D eigenvalue weighted by Gasteiger charge is 2.29. The lowest BCUT2D eigenvalue weighted by atomic mass is 10.1. The molecule has 4 aromatic rings. The van der Waals surface area contributed by atoms with Gasteiger partial charge in [-0.25, -0.2) is 4.98 Å². The molecule has 0 spiro atoms. The number of rotatable bonds is 10. The largest absolute Gasteiger partial charge is 0.389 e. The molecule has 208 valence electrons. The van der Waals surface area contributed by atoms with Crippen molar-refractivity contribution < 1.29 is 14.7 Å². The summed E-state index contributed by atoms with van der Waals surface area (Å²) < 4.78 is 1.98. The summed E-state index contributed by atoms with van der Waals surface area (Å²) in [6, 6.07) is 13.2. The number of nitrogens with one attached hydrogen (secondary N) is 2. The number of carbonyl (C=O) groups is 2. The smallest absolute Gasteiger partial charge is 0.268 e. The van der Waals surface area contributed by atoms with Gasteiger partial charge in [-0.2, -0.15) is 5.10 Å². The Hall–Kier alpha value is -3.93. The van der Waals surface area contributed by atoms with Gasteiger partial charge in [0.2, 0.25) is 11.9 Å². The van der Waals surface area contributed by atoms with Crippen LogP contribution in [-0.2, 0) is 17.9 Å². The van der Waals surface area contributed by atoms with Crippen LogP contribution in [0.5, 0.6) is 0 Å². The number of imidazole rings is 1. The van der Waals surface area contributed by atoms with Crippen LogP contribution in [0.15, 0.2) is 61.3 Å². The van der Waals surface area contributed by atoms with Crippen molar-refractivity contribution in [3.63, 3.8) is 0 Å². The lowest BCUT2D eigenvalue weighted by Gasteiger charge is -2.24. The zero-order valence-electron chi connectivity index (χ0n) is 22.6. The van der Waals surface area contributed by atoms with Crippen molar-refractivity contribution in [2.75, 3.05) is 18.4 Å². The Morgan fingerprint density at radius 1 is 1.25 bits per heavy atom. The molecule has 0 bridgehead atoms. The molecular formula is C29H33N7O3S. The predicted molar refractivity (Wildman–Crippen MR) is 156 cm³/mol. The third-order valence-corrected chi connectivity index (χ3v) is 7.91. The van der Waals surface area contributed by atoms with Crippen molar-refractivity contribution in [1.82, 2.24) is 30.0 Å². The minimum atomic E-state index is -0.812. The highest BCUT2D eigenvalue weighted by molar-refractivity contribution is 7.17. The van der Waals surface area contributed by atoms with Crippen LogP contribution in [0.1, 0.15) is 41.9 Å². The van der Waals surface area contributed by atoms with Gasteiger partial charge >= 0.3 is 0 Å². The number of benzene rings is 1. The maximum atomic E-state index is 13.3. The van der Waals surface area contributed by atoms with Crippen molar-refractivity contribution in [1.29, 1.82) is 0 Å². The van der Waals surface area contributed by atoms with E-state index in [4.69, 9.17) is 4.98 Å². The van der Waals surface area contributed by atoms with Gasteiger partial charge < -0.3 is 19.9 Å². The van der Waals surface area contributed by atoms with Gasteiger partial charge in [0.25, 0.3) is 5.91 Å². The molecule has 11 heteroatoms. The first-order chi connectivity index (χ1) is 19.2. The Morgan fingerprint density at radius 3 is 2.85 bits per heavy atom. The summed E-state index contributed by atoms with van der Waals surface area (Å²) >= 11 is 1.34. The number of anilines is 1. The molecule has 2 amide bonds. The van der Waals surface area contributed by atoms with Gasteiger partial charge in [0, 0.05) is 32.4 Å². The van der Waals surface area contributed by atoms with E-state index in [0.29, 0.717) is 42.7 Å². The number of fused-ring (bicyclic) bond motifs is 1. The van der Waals surface area contributed by atoms with Crippen LogP contribution in [0.4, 0.5) is 5.95 Å². The van der Waals surface area contributed by atoms with Gasteiger partial charge in [-0.1, -0.05) is 12.6 Å². The van der Waals surface area contributed by atoms with Crippen LogP contribution >= 0.6 is 11.3 Å². The summed E-state index contributed by atoms with van der Waals surface area (Å²) in [7, 11) is 0. The third kappa shape index (κ3) is 6.27. The fourth-order valence-electron chi connectivity index (χ4n) is 4.92. The van der Waals surface area contributed by atoms with Crippen molar-refractivity contribution in [2.45, 2.75) is 51.4 Å². The molecule has 1 atom stereocenters. The molecule has 0 radical (unpaired) electrons. The van der Waals surface area contributed by atoms with E-state index in [1.165, 1.54) is 17.4 Å². The van der Waals surface area contributed by atoms with E-state index in [2.05, 4.69) is 27.4 Å². The van der Waals surface area contributed by atoms with Crippen molar-refractivity contribution in [3.05, 3.63) is 71.8 Å². The molecule has 0 aliphatic carbocycles. The van der Waals surface area contributed by atoms with E-state index in [0.717, 1.165) is 34.3 Å². The molecule has 10 nitrogen and oxygen atoms in total. The molecular weight excluding hydrogens is 526 g/mol. The minimum Gasteiger partial charge on any atom is -0.389 e. The number of amides is 2. The van der Waals surface area contributed by atoms with E-state index in [1.807, 2.05) is 45.9 Å². The maximum Gasteiger partial charge on any atom is 0.268 e. The average molecular weight is 560 g/mol. The molecule has 4 heterocycles. The SMILES string of the molecule is C=CC(=O)N1CCCC1Cn1c(NC(=O)c2ccc(-c3cccnn3)s2)nc2cc(CNCC(C)(C)O)ccc21. The number of hydrogen-bond acceptors (Lipinski definition) is 8. The highest BCUT2D eigenvalue weighted by Crippen LogP contribution is 2.29. The van der Waals surface area contributed by atoms with Crippen molar-refractivity contribution in [3.8, 4) is 10.6 Å². The van der Waals surface area contributed by atoms with Crippen LogP contribution in [-0.4, -0.2) is 66.3 Å². The van der Waals surface area contributed by atoms with Crippen LogP contribution in [0.25, 0.3) is 21.6 Å². The molecule has 3 N–H and O–H groups in total. The third-order valence-electron chi connectivity index (χ3n) is 6.81. The van der Waals surface area contributed by atoms with Gasteiger partial charge in [0.05, 0.1) is 32.4 Å². The number of aliphatic hydroxyl groups is 1. The summed E-state index contributed by atoms with van der Waals surface area (Å²) in [6.45, 7) is 9.37. The first kappa shape index (κ1) is 27.6. The summed E-state index contributed by atoms with van der Waals surface area (Å²) in [6.07, 6.45) is 4.73. The molecule has 1 aromatic carbocycles. The lowest BCUT2D eigenvalue weighted by Crippen LogP contribution is -2.37. The standard InChI is InChI=1S/C29H33N7O3S/c1-4-26(37)35-14-6-7-20(35)17-36-23-10-9-19(16-30-18-29(2,3)39)15-22(23)32-28(36)33-27(38)25-12-11-24(40-25)21-8-5-13-31-34-21/h4-5,8-13,15,20,30,39H,1,6-7,14,16-18H2,2-3H3,(H,32,33,38). The quantitative estimate of drug-likeness (QED) is 0.252. The fourth-order valence-corrected chi connectivity index (χ4v) is 5.78. The van der Waals surface area contributed by atoms with E-state index in [9.17, 15) is 14.7 Å². The minimum absolute atomic E-state index is 0.0309. The average Bonchev–Trinajstić information content (AvgIpc) is 3.68. The number of thiophene rings is 1. The van der Waals surface area contributed by atoms with Crippen molar-refractivity contribution in [2.24, 2.45) is 0 Å². The van der Waals surface area contributed by atoms with Crippen LogP contribution in [0.3, 0.4) is 0 Å². The summed E-state index contributed by atoms with van der Waals surface area (Å²) in [5, 5.41) is 24.3. The Labute approximate surface area is 236 Å². The first-order valence-electron chi connectivity index (χ1n) is 13.3. The van der Waals surface area contributed by atoms with Gasteiger partial charge in [-0.05, 0) is 74.7 Å². The van der Waals surface area contributed by atoms with E-state index < -0.39 is 5.60 Å². The van der Waals surface area contributed by atoms with Gasteiger partial charge in [-0.3, -0.25) is 14.9 Å². The predicted octanol–water partition coefficient (Wildman–Crippen LogP) is 3.84. The number of hydrogen-bond donors (Lipinski definition) is 3. The van der Waals surface area contributed by atoms with Gasteiger partial charge in [0.1, 0.15) is 5.69 Å². The molecule has 3 aromatic heterocycles. The molecule has 1 fully saturated rings. The maximum absolute atomic E-state index is 13.3. The van der Waals surface area contributed by atoms with E-state index in [-0.39, 0.29) is 17.9 Å². The Balaban J connectivity index is 1.43. The molecule has 1 unspecified atom stereocenters. The Bertz CT molecular complexity index is 1520. The van der Waals surface area contributed by atoms with Gasteiger partial charge in [-0.15, -0.1) is 16.4 Å². The summed E-state index contributed by atoms with van der Waals surface area (Å²) in [5.74, 6) is 0.0657. The number of carbonyl (C=O) groups excluding carboxylic acids is 2. The second-order valence-corrected chi connectivity index (χ2v) is 11.6. The molecule has 40 heavy (non-hydrogen) atoms. The monoisotopic (exact) mass is 559 g/mol. The number of nitrogens with zero attached hydrogens (tertiary/aromatic N) is 5. The Morgan fingerprint density at radius 2 is 2.10 bits per heavy atom. The second kappa shape index (κ2) is 11.7. The second-order valence-electron chi connectivity index (χ2n) is 10.5. The van der Waals surface area contributed by atoms with Gasteiger partial charge in [0.15, 0.2) is 0 Å². The van der Waals surface area contributed by atoms with Crippen LogP contribution in [0, 0.1) is 0 Å². The Kier molecular flexibility index (Phi) is 8.06. The molecule has 0 saturated carbocycles. The first-order valence-corrected chi connectivity index (χ1v) is 14.1. The molecule has 1 saturated heterocycles. The topological polar surface area (TPSA) is 125 Å². The molecule has 5 rings (SSSR count). The molecule has 1 aliphatic heterocycles. The summed E-state index contributed by atoms with van der Waals surface area (Å²) in [5.41, 5.74) is 2.51. The normalized spacial score (nSPS) is 15.5. The zero-order valence-corrected chi connectivity index (χ0v) is 23.4. The van der Waals surface area contributed by atoms with Crippen LogP contribution < -0.4 is 10.6 Å². The van der Waals surface area contributed by atoms with Crippen LogP contribution in [0.2, 0.25) is 0 Å². The number of likely N-dealkylation sites (tertiary alicyclic amines) is 1. The summed E-state index contributed by atoms with van der Waals surface area (Å²) in [4.78, 5) is 33.8. The van der Waals surface area contributed by atoms with E-state index in [1.54, 1.807) is 26.1 Å². The zero-order chi connectivity index (χ0) is 28.3. The lowest BCUT2D eigenvalue weighted by molar-refractivity contribution is -0.126. The van der Waals surface area contributed by atoms with E-state index >= 15 is 0 Å².